The largest absolute Gasteiger partial charge is 0.444 e. The van der Waals surface area contributed by atoms with Gasteiger partial charge in [0.2, 0.25) is 5.91 Å². The maximum absolute atomic E-state index is 13.8. The lowest BCUT2D eigenvalue weighted by molar-refractivity contribution is -0.141. The van der Waals surface area contributed by atoms with Crippen LogP contribution in [0.3, 0.4) is 0 Å². The highest BCUT2D eigenvalue weighted by Crippen LogP contribution is 2.37. The van der Waals surface area contributed by atoms with E-state index in [4.69, 9.17) is 4.74 Å². The van der Waals surface area contributed by atoms with Crippen molar-refractivity contribution >= 4 is 12.0 Å². The van der Waals surface area contributed by atoms with Gasteiger partial charge in [-0.15, -0.1) is 0 Å². The van der Waals surface area contributed by atoms with Gasteiger partial charge in [-0.2, -0.15) is 13.2 Å². The van der Waals surface area contributed by atoms with E-state index in [0.717, 1.165) is 24.5 Å². The Balaban J connectivity index is 1.47. The molecule has 7 nitrogen and oxygen atoms in total. The molecule has 0 aliphatic carbocycles. The SMILES string of the molecule is CC(C)(C)OC(=O)N1CCC(CC(=O)N2CCN(C(c3ccccc3)c3ccc(C(F)(F)F)nc3)CC2C(C)(C)C)CC1. The lowest BCUT2D eigenvalue weighted by Gasteiger charge is -2.49. The topological polar surface area (TPSA) is 66.0 Å². The van der Waals surface area contributed by atoms with Crippen LogP contribution in [0.2, 0.25) is 0 Å². The van der Waals surface area contributed by atoms with E-state index >= 15 is 0 Å². The lowest BCUT2D eigenvalue weighted by Crippen LogP contribution is -2.60. The molecule has 2 amide bonds. The van der Waals surface area contributed by atoms with Gasteiger partial charge in [-0.05, 0) is 62.1 Å². The second-order valence-corrected chi connectivity index (χ2v) is 13.9. The molecule has 2 aliphatic heterocycles. The number of aromatic nitrogens is 1. The molecule has 2 saturated heterocycles. The first-order valence-electron chi connectivity index (χ1n) is 15.1. The summed E-state index contributed by atoms with van der Waals surface area (Å²) in [6, 6.07) is 11.9. The summed E-state index contributed by atoms with van der Waals surface area (Å²) in [6.07, 6.45) is -1.55. The zero-order chi connectivity index (χ0) is 31.6. The maximum atomic E-state index is 13.8. The highest BCUT2D eigenvalue weighted by Gasteiger charge is 2.41. The Morgan fingerprint density at radius 2 is 1.56 bits per heavy atom. The Morgan fingerprint density at radius 3 is 2.09 bits per heavy atom. The number of pyridine rings is 1. The number of hydrogen-bond donors (Lipinski definition) is 0. The molecule has 236 valence electrons. The Hall–Kier alpha value is -3.14. The molecule has 10 heteroatoms. The van der Waals surface area contributed by atoms with E-state index in [2.05, 4.69) is 30.7 Å². The monoisotopic (exact) mass is 602 g/mol. The van der Waals surface area contributed by atoms with Gasteiger partial charge >= 0.3 is 12.3 Å². The van der Waals surface area contributed by atoms with Gasteiger partial charge in [0, 0.05) is 51.4 Å². The number of rotatable bonds is 5. The molecule has 2 unspecified atom stereocenters. The molecule has 0 N–H and O–H groups in total. The number of halogens is 3. The third-order valence-electron chi connectivity index (χ3n) is 8.33. The second kappa shape index (κ2) is 12.8. The molecule has 1 aromatic heterocycles. The van der Waals surface area contributed by atoms with Crippen molar-refractivity contribution in [2.24, 2.45) is 11.3 Å². The van der Waals surface area contributed by atoms with Crippen LogP contribution in [-0.4, -0.2) is 76.1 Å². The minimum Gasteiger partial charge on any atom is -0.444 e. The molecule has 0 spiro atoms. The fourth-order valence-corrected chi connectivity index (χ4v) is 6.07. The predicted octanol–water partition coefficient (Wildman–Crippen LogP) is 6.79. The van der Waals surface area contributed by atoms with Crippen molar-refractivity contribution < 1.29 is 27.5 Å². The third kappa shape index (κ3) is 8.49. The summed E-state index contributed by atoms with van der Waals surface area (Å²) in [5, 5.41) is 0. The van der Waals surface area contributed by atoms with Crippen LogP contribution in [-0.2, 0) is 15.7 Å². The van der Waals surface area contributed by atoms with Crippen LogP contribution in [0.1, 0.15) is 83.7 Å². The fourth-order valence-electron chi connectivity index (χ4n) is 6.07. The average Bonchev–Trinajstić information content (AvgIpc) is 2.92. The van der Waals surface area contributed by atoms with E-state index in [-0.39, 0.29) is 35.4 Å². The minimum atomic E-state index is -4.50. The molecule has 2 fully saturated rings. The molecule has 4 rings (SSSR count). The average molecular weight is 603 g/mol. The number of piperidine rings is 1. The number of amides is 2. The van der Waals surface area contributed by atoms with E-state index in [1.54, 1.807) is 4.90 Å². The van der Waals surface area contributed by atoms with Crippen LogP contribution in [0.15, 0.2) is 48.7 Å². The van der Waals surface area contributed by atoms with Gasteiger partial charge in [0.15, 0.2) is 0 Å². The third-order valence-corrected chi connectivity index (χ3v) is 8.33. The number of carbonyl (C=O) groups is 2. The van der Waals surface area contributed by atoms with Crippen LogP contribution >= 0.6 is 0 Å². The Morgan fingerprint density at radius 1 is 0.907 bits per heavy atom. The van der Waals surface area contributed by atoms with Crippen LogP contribution in [0.25, 0.3) is 0 Å². The summed E-state index contributed by atoms with van der Waals surface area (Å²) < 4.78 is 45.3. The lowest BCUT2D eigenvalue weighted by atomic mass is 9.82. The van der Waals surface area contributed by atoms with Crippen LogP contribution in [0.5, 0.6) is 0 Å². The number of nitrogens with zero attached hydrogens (tertiary/aromatic N) is 4. The first kappa shape index (κ1) is 32.8. The standard InChI is InChI=1S/C33H45F3N4O3/c1-31(2,3)27-22-39(29(24-10-8-7-9-11-24)25-12-13-26(37-21-25)33(34,35)36)18-19-40(27)28(41)20-23-14-16-38(17-15-23)30(42)43-32(4,5)6/h7-13,21,23,27,29H,14-20,22H2,1-6H3. The molecule has 0 saturated carbocycles. The minimum absolute atomic E-state index is 0.0933. The van der Waals surface area contributed by atoms with Crippen molar-refractivity contribution in [1.82, 2.24) is 19.7 Å². The van der Waals surface area contributed by atoms with E-state index in [1.807, 2.05) is 56.0 Å². The van der Waals surface area contributed by atoms with Gasteiger partial charge in [-0.1, -0.05) is 57.2 Å². The molecule has 3 heterocycles. The molecule has 2 aliphatic rings. The normalized spacial score (nSPS) is 20.2. The summed E-state index contributed by atoms with van der Waals surface area (Å²) in [5.74, 6) is 0.308. The van der Waals surface area contributed by atoms with Gasteiger partial charge < -0.3 is 14.5 Å². The highest BCUT2D eigenvalue weighted by atomic mass is 19.4. The first-order valence-corrected chi connectivity index (χ1v) is 15.1. The number of likely N-dealkylation sites (tertiary alicyclic amines) is 1. The van der Waals surface area contributed by atoms with Gasteiger partial charge in [-0.25, -0.2) is 4.79 Å². The molecule has 0 radical (unpaired) electrons. The molecule has 43 heavy (non-hydrogen) atoms. The van der Waals surface area contributed by atoms with Crippen molar-refractivity contribution in [3.05, 3.63) is 65.5 Å². The molecular weight excluding hydrogens is 557 g/mol. The fraction of sp³-hybridized carbons (Fsp3) is 0.606. The quantitative estimate of drug-likeness (QED) is 0.377. The summed E-state index contributed by atoms with van der Waals surface area (Å²) in [7, 11) is 0. The van der Waals surface area contributed by atoms with E-state index in [9.17, 15) is 22.8 Å². The number of hydrogen-bond acceptors (Lipinski definition) is 5. The van der Waals surface area contributed by atoms with E-state index in [0.29, 0.717) is 44.7 Å². The summed E-state index contributed by atoms with van der Waals surface area (Å²) in [5.41, 5.74) is -0.0375. The van der Waals surface area contributed by atoms with Gasteiger partial charge in [-0.3, -0.25) is 14.7 Å². The molecule has 1 aromatic carbocycles. The van der Waals surface area contributed by atoms with Gasteiger partial charge in [0.05, 0.1) is 6.04 Å². The second-order valence-electron chi connectivity index (χ2n) is 13.9. The Kier molecular flexibility index (Phi) is 9.79. The maximum Gasteiger partial charge on any atom is 0.433 e. The van der Waals surface area contributed by atoms with Crippen molar-refractivity contribution in [2.75, 3.05) is 32.7 Å². The van der Waals surface area contributed by atoms with Gasteiger partial charge in [0.1, 0.15) is 11.3 Å². The van der Waals surface area contributed by atoms with E-state index < -0.39 is 17.5 Å². The highest BCUT2D eigenvalue weighted by molar-refractivity contribution is 5.77. The van der Waals surface area contributed by atoms with Crippen molar-refractivity contribution in [1.29, 1.82) is 0 Å². The molecule has 0 bridgehead atoms. The van der Waals surface area contributed by atoms with E-state index in [1.165, 1.54) is 12.3 Å². The Bertz CT molecular complexity index is 1230. The molecular formula is C33H45F3N4O3. The van der Waals surface area contributed by atoms with Crippen LogP contribution < -0.4 is 0 Å². The Labute approximate surface area is 253 Å². The zero-order valence-electron chi connectivity index (χ0n) is 26.2. The number of benzene rings is 1. The molecule has 2 aromatic rings. The number of piperazine rings is 1. The van der Waals surface area contributed by atoms with Crippen molar-refractivity contribution in [3.63, 3.8) is 0 Å². The summed E-state index contributed by atoms with van der Waals surface area (Å²) >= 11 is 0. The van der Waals surface area contributed by atoms with Crippen molar-refractivity contribution in [3.8, 4) is 0 Å². The zero-order valence-corrected chi connectivity index (χ0v) is 26.2. The smallest absolute Gasteiger partial charge is 0.433 e. The first-order chi connectivity index (χ1) is 20.0. The number of carbonyl (C=O) groups excluding carboxylic acids is 2. The van der Waals surface area contributed by atoms with Crippen LogP contribution in [0.4, 0.5) is 18.0 Å². The summed E-state index contributed by atoms with van der Waals surface area (Å²) in [4.78, 5) is 36.0. The van der Waals surface area contributed by atoms with Crippen LogP contribution in [0, 0.1) is 11.3 Å². The number of ether oxygens (including phenoxy) is 1. The molecule has 2 atom stereocenters. The summed E-state index contributed by atoms with van der Waals surface area (Å²) in [6.45, 7) is 14.7. The van der Waals surface area contributed by atoms with Gasteiger partial charge in [0.25, 0.3) is 0 Å². The van der Waals surface area contributed by atoms with Crippen molar-refractivity contribution in [2.45, 2.75) is 84.7 Å². The number of alkyl halides is 3. The predicted molar refractivity (Wildman–Crippen MR) is 159 cm³/mol.